The zero-order chi connectivity index (χ0) is 13.3. The number of ketones is 1. The van der Waals surface area contributed by atoms with Crippen LogP contribution in [0.1, 0.15) is 23.0 Å². The van der Waals surface area contributed by atoms with Crippen molar-refractivity contribution < 1.29 is 22.5 Å². The summed E-state index contributed by atoms with van der Waals surface area (Å²) in [5, 5.41) is 3.35. The van der Waals surface area contributed by atoms with Gasteiger partial charge in [0.15, 0.2) is 5.78 Å². The summed E-state index contributed by atoms with van der Waals surface area (Å²) in [7, 11) is 0. The Morgan fingerprint density at radius 2 is 1.83 bits per heavy atom. The highest BCUT2D eigenvalue weighted by Gasteiger charge is 2.36. The van der Waals surface area contributed by atoms with E-state index in [1.54, 1.807) is 0 Å². The van der Waals surface area contributed by atoms with E-state index >= 15 is 0 Å². The van der Waals surface area contributed by atoms with Crippen LogP contribution in [-0.2, 0) is 6.18 Å². The number of benzene rings is 1. The molecule has 0 saturated carbocycles. The molecule has 1 aromatic carbocycles. The molecule has 0 radical (unpaired) electrons. The fraction of sp³-hybridized carbons (Fsp3) is 0.167. The topological polar surface area (TPSA) is 43.1 Å². The van der Waals surface area contributed by atoms with Crippen molar-refractivity contribution in [1.82, 2.24) is 5.16 Å². The average molecular weight is 255 g/mol. The number of nitrogens with zero attached hydrogens (tertiary/aromatic N) is 1. The molecule has 0 N–H and O–H groups in total. The van der Waals surface area contributed by atoms with Gasteiger partial charge in [-0.25, -0.2) is 0 Å². The van der Waals surface area contributed by atoms with Crippen LogP contribution in [0.4, 0.5) is 13.2 Å². The Morgan fingerprint density at radius 3 is 2.28 bits per heavy atom. The molecule has 6 heteroatoms. The van der Waals surface area contributed by atoms with Crippen LogP contribution < -0.4 is 0 Å². The van der Waals surface area contributed by atoms with Crippen LogP contribution in [0.3, 0.4) is 0 Å². The molecule has 18 heavy (non-hydrogen) atoms. The molecule has 0 saturated heterocycles. The maximum absolute atomic E-state index is 12.3. The molecule has 94 valence electrons. The number of aromatic nitrogens is 1. The zero-order valence-electron chi connectivity index (χ0n) is 9.28. The number of carbonyl (C=O) groups excluding carboxylic acids is 1. The molecule has 3 nitrogen and oxygen atoms in total. The minimum absolute atomic E-state index is 0.0810. The van der Waals surface area contributed by atoms with Crippen molar-refractivity contribution in [3.63, 3.8) is 0 Å². The van der Waals surface area contributed by atoms with Crippen LogP contribution in [0.15, 0.2) is 34.9 Å². The van der Waals surface area contributed by atoms with Crippen molar-refractivity contribution in [3.05, 3.63) is 41.7 Å². The van der Waals surface area contributed by atoms with Gasteiger partial charge in [0, 0.05) is 17.2 Å². The Morgan fingerprint density at radius 1 is 1.22 bits per heavy atom. The highest BCUT2D eigenvalue weighted by Crippen LogP contribution is 2.32. The van der Waals surface area contributed by atoms with E-state index in [4.69, 9.17) is 0 Å². The summed E-state index contributed by atoms with van der Waals surface area (Å²) < 4.78 is 41.1. The normalized spacial score (nSPS) is 11.6. The van der Waals surface area contributed by atoms with Gasteiger partial charge in [0.1, 0.15) is 5.69 Å². The SMILES string of the molecule is CC(=O)c1ccc(-c2cc(C(F)(F)F)on2)cc1. The van der Waals surface area contributed by atoms with E-state index in [2.05, 4.69) is 9.68 Å². The first-order valence-electron chi connectivity index (χ1n) is 5.03. The first kappa shape index (κ1) is 12.3. The smallest absolute Gasteiger partial charge is 0.351 e. The lowest BCUT2D eigenvalue weighted by molar-refractivity contribution is -0.155. The van der Waals surface area contributed by atoms with Crippen LogP contribution >= 0.6 is 0 Å². The van der Waals surface area contributed by atoms with Gasteiger partial charge in [-0.1, -0.05) is 29.4 Å². The fourth-order valence-electron chi connectivity index (χ4n) is 1.42. The van der Waals surface area contributed by atoms with E-state index in [-0.39, 0.29) is 11.5 Å². The number of alkyl halides is 3. The molecule has 1 heterocycles. The number of hydrogen-bond acceptors (Lipinski definition) is 3. The molecule has 0 atom stereocenters. The molecule has 0 amide bonds. The molecule has 0 bridgehead atoms. The lowest BCUT2D eigenvalue weighted by Gasteiger charge is -1.98. The molecule has 0 fully saturated rings. The van der Waals surface area contributed by atoms with Gasteiger partial charge < -0.3 is 4.52 Å². The molecular formula is C12H8F3NO2. The van der Waals surface area contributed by atoms with Crippen molar-refractivity contribution in [2.45, 2.75) is 13.1 Å². The van der Waals surface area contributed by atoms with Crippen molar-refractivity contribution >= 4 is 5.78 Å². The van der Waals surface area contributed by atoms with Gasteiger partial charge in [-0.05, 0) is 6.92 Å². The van der Waals surface area contributed by atoms with E-state index in [0.717, 1.165) is 6.07 Å². The Hall–Kier alpha value is -2.11. The number of rotatable bonds is 2. The second-order valence-electron chi connectivity index (χ2n) is 3.71. The van der Waals surface area contributed by atoms with Gasteiger partial charge in [0.2, 0.25) is 5.76 Å². The van der Waals surface area contributed by atoms with Crippen molar-refractivity contribution in [3.8, 4) is 11.3 Å². The van der Waals surface area contributed by atoms with Crippen LogP contribution in [0.25, 0.3) is 11.3 Å². The molecule has 2 rings (SSSR count). The fourth-order valence-corrected chi connectivity index (χ4v) is 1.42. The molecule has 2 aromatic rings. The van der Waals surface area contributed by atoms with E-state index in [9.17, 15) is 18.0 Å². The predicted octanol–water partition coefficient (Wildman–Crippen LogP) is 3.56. The Labute approximate surface area is 100 Å². The summed E-state index contributed by atoms with van der Waals surface area (Å²) in [5.41, 5.74) is 1.02. The van der Waals surface area contributed by atoms with Gasteiger partial charge in [0.25, 0.3) is 0 Å². The van der Waals surface area contributed by atoms with Crippen molar-refractivity contribution in [2.24, 2.45) is 0 Å². The van der Waals surface area contributed by atoms with Gasteiger partial charge in [-0.3, -0.25) is 4.79 Å². The van der Waals surface area contributed by atoms with Crippen molar-refractivity contribution in [1.29, 1.82) is 0 Å². The molecule has 0 aliphatic carbocycles. The zero-order valence-corrected chi connectivity index (χ0v) is 9.28. The first-order valence-corrected chi connectivity index (χ1v) is 5.03. The second kappa shape index (κ2) is 4.29. The van der Waals surface area contributed by atoms with E-state index in [1.165, 1.54) is 31.2 Å². The maximum atomic E-state index is 12.3. The first-order chi connectivity index (χ1) is 8.38. The summed E-state index contributed by atoms with van der Waals surface area (Å²) in [5.74, 6) is -1.26. The summed E-state index contributed by atoms with van der Waals surface area (Å²) >= 11 is 0. The summed E-state index contributed by atoms with van der Waals surface area (Å²) in [6, 6.07) is 6.92. The highest BCUT2D eigenvalue weighted by atomic mass is 19.4. The third-order valence-electron chi connectivity index (χ3n) is 2.38. The Balaban J connectivity index is 2.32. The standard InChI is InChI=1S/C12H8F3NO2/c1-7(17)8-2-4-9(5-3-8)10-6-11(18-16-10)12(13,14)15/h2-6H,1H3. The molecule has 0 unspecified atom stereocenters. The van der Waals surface area contributed by atoms with Crippen LogP contribution in [0, 0.1) is 0 Å². The lowest BCUT2D eigenvalue weighted by atomic mass is 10.1. The average Bonchev–Trinajstić information content (AvgIpc) is 2.78. The van der Waals surface area contributed by atoms with Gasteiger partial charge in [-0.2, -0.15) is 13.2 Å². The van der Waals surface area contributed by atoms with Crippen molar-refractivity contribution in [2.75, 3.05) is 0 Å². The van der Waals surface area contributed by atoms with E-state index in [1.807, 2.05) is 0 Å². The molecular weight excluding hydrogens is 247 g/mol. The lowest BCUT2D eigenvalue weighted by Crippen LogP contribution is -2.02. The van der Waals surface area contributed by atoms with Gasteiger partial charge in [-0.15, -0.1) is 0 Å². The third-order valence-corrected chi connectivity index (χ3v) is 2.38. The quantitative estimate of drug-likeness (QED) is 0.770. The predicted molar refractivity (Wildman–Crippen MR) is 56.9 cm³/mol. The number of carbonyl (C=O) groups is 1. The summed E-state index contributed by atoms with van der Waals surface area (Å²) in [4.78, 5) is 11.0. The third kappa shape index (κ3) is 2.42. The monoisotopic (exact) mass is 255 g/mol. The maximum Gasteiger partial charge on any atom is 0.452 e. The highest BCUT2D eigenvalue weighted by molar-refractivity contribution is 5.94. The largest absolute Gasteiger partial charge is 0.452 e. The summed E-state index contributed by atoms with van der Waals surface area (Å²) in [6.07, 6.45) is -4.55. The van der Waals surface area contributed by atoms with E-state index < -0.39 is 11.9 Å². The minimum atomic E-state index is -4.55. The van der Waals surface area contributed by atoms with Crippen LogP contribution in [0.2, 0.25) is 0 Å². The van der Waals surface area contributed by atoms with Gasteiger partial charge >= 0.3 is 6.18 Å². The molecule has 1 aromatic heterocycles. The number of Topliss-reactive ketones (excluding diaryl/α,β-unsaturated/α-hetero) is 1. The van der Waals surface area contributed by atoms with Gasteiger partial charge in [0.05, 0.1) is 0 Å². The summed E-state index contributed by atoms with van der Waals surface area (Å²) in [6.45, 7) is 1.41. The minimum Gasteiger partial charge on any atom is -0.351 e. The molecule has 0 aliphatic rings. The number of hydrogen-bond donors (Lipinski definition) is 0. The Bertz CT molecular complexity index is 570. The molecule has 0 aliphatic heterocycles. The number of halogens is 3. The van der Waals surface area contributed by atoms with E-state index in [0.29, 0.717) is 11.1 Å². The molecule has 0 spiro atoms. The second-order valence-corrected chi connectivity index (χ2v) is 3.71. The van der Waals surface area contributed by atoms with Crippen LogP contribution in [-0.4, -0.2) is 10.9 Å². The van der Waals surface area contributed by atoms with Crippen LogP contribution in [0.5, 0.6) is 0 Å². The Kier molecular flexibility index (Phi) is 2.94.